The fraction of sp³-hybridized carbons (Fsp3) is 0.240. The average molecular weight is 434 g/mol. The van der Waals surface area contributed by atoms with Crippen molar-refractivity contribution in [3.63, 3.8) is 0 Å². The molecule has 0 bridgehead atoms. The van der Waals surface area contributed by atoms with E-state index >= 15 is 0 Å². The predicted molar refractivity (Wildman–Crippen MR) is 124 cm³/mol. The summed E-state index contributed by atoms with van der Waals surface area (Å²) < 4.78 is 7.91. The highest BCUT2D eigenvalue weighted by Gasteiger charge is 2.27. The number of rotatable bonds is 4. The first-order valence-electron chi connectivity index (χ1n) is 10.5. The maximum atomic E-state index is 13.5. The van der Waals surface area contributed by atoms with Gasteiger partial charge in [0, 0.05) is 44.9 Å². The van der Waals surface area contributed by atoms with Crippen LogP contribution in [0.5, 0.6) is 0 Å². The van der Waals surface area contributed by atoms with Crippen LogP contribution in [-0.2, 0) is 6.54 Å². The highest BCUT2D eigenvalue weighted by Crippen LogP contribution is 2.28. The van der Waals surface area contributed by atoms with E-state index in [1.807, 2.05) is 66.4 Å². The largest absolute Gasteiger partial charge is 0.460 e. The molecule has 5 nitrogen and oxygen atoms in total. The van der Waals surface area contributed by atoms with E-state index in [-0.39, 0.29) is 5.91 Å². The number of nitrogens with zero attached hydrogens (tertiary/aromatic N) is 3. The molecule has 2 aromatic carbocycles. The first kappa shape index (κ1) is 19.8. The Morgan fingerprint density at radius 3 is 2.42 bits per heavy atom. The lowest BCUT2D eigenvalue weighted by Gasteiger charge is -2.36. The molecule has 5 rings (SSSR count). The minimum Gasteiger partial charge on any atom is -0.460 e. The number of piperazine rings is 1. The summed E-state index contributed by atoms with van der Waals surface area (Å²) in [6.07, 6.45) is 0. The first-order valence-corrected chi connectivity index (χ1v) is 10.9. The van der Waals surface area contributed by atoms with E-state index < -0.39 is 0 Å². The summed E-state index contributed by atoms with van der Waals surface area (Å²) in [7, 11) is 0. The number of aryl methyl sites for hydroxylation is 1. The zero-order valence-electron chi connectivity index (χ0n) is 17.4. The lowest BCUT2D eigenvalue weighted by atomic mass is 10.2. The van der Waals surface area contributed by atoms with Crippen LogP contribution >= 0.6 is 11.6 Å². The van der Waals surface area contributed by atoms with E-state index in [0.29, 0.717) is 25.3 Å². The Bertz CT molecular complexity index is 1220. The maximum absolute atomic E-state index is 13.5. The smallest absolute Gasteiger partial charge is 0.270 e. The fourth-order valence-electron chi connectivity index (χ4n) is 4.30. The second-order valence-electron chi connectivity index (χ2n) is 7.94. The SMILES string of the molecule is Cc1cc2c(cc(C(=O)N3CCN(c4ccccc4Cl)CC3)n2Cc2ccccc2)o1. The highest BCUT2D eigenvalue weighted by atomic mass is 35.5. The summed E-state index contributed by atoms with van der Waals surface area (Å²) >= 11 is 6.36. The monoisotopic (exact) mass is 433 g/mol. The molecule has 158 valence electrons. The number of aromatic nitrogens is 1. The average Bonchev–Trinajstić information content (AvgIpc) is 3.31. The molecule has 1 aliphatic heterocycles. The van der Waals surface area contributed by atoms with Gasteiger partial charge in [-0.25, -0.2) is 0 Å². The van der Waals surface area contributed by atoms with Crippen LogP contribution in [0.4, 0.5) is 5.69 Å². The molecule has 0 aliphatic carbocycles. The molecule has 0 unspecified atom stereocenters. The van der Waals surface area contributed by atoms with E-state index in [1.54, 1.807) is 0 Å². The molecule has 0 spiro atoms. The molecule has 0 saturated carbocycles. The van der Waals surface area contributed by atoms with E-state index in [9.17, 15) is 4.79 Å². The van der Waals surface area contributed by atoms with Gasteiger partial charge in [-0.2, -0.15) is 0 Å². The third-order valence-electron chi connectivity index (χ3n) is 5.88. The highest BCUT2D eigenvalue weighted by molar-refractivity contribution is 6.33. The van der Waals surface area contributed by atoms with Gasteiger partial charge in [0.1, 0.15) is 11.5 Å². The Kier molecular flexibility index (Phi) is 5.20. The summed E-state index contributed by atoms with van der Waals surface area (Å²) in [5.74, 6) is 0.887. The number of amides is 1. The van der Waals surface area contributed by atoms with Crippen LogP contribution in [0.2, 0.25) is 5.02 Å². The molecule has 1 fully saturated rings. The summed E-state index contributed by atoms with van der Waals surface area (Å²) in [6, 6.07) is 21.9. The van der Waals surface area contributed by atoms with Crippen LogP contribution < -0.4 is 4.90 Å². The summed E-state index contributed by atoms with van der Waals surface area (Å²) in [5.41, 5.74) is 4.56. The quantitative estimate of drug-likeness (QED) is 0.443. The summed E-state index contributed by atoms with van der Waals surface area (Å²) in [4.78, 5) is 17.7. The van der Waals surface area contributed by atoms with Gasteiger partial charge in [0.2, 0.25) is 0 Å². The molecular weight excluding hydrogens is 410 g/mol. The maximum Gasteiger partial charge on any atom is 0.270 e. The van der Waals surface area contributed by atoms with Crippen molar-refractivity contribution in [2.24, 2.45) is 0 Å². The van der Waals surface area contributed by atoms with Crippen molar-refractivity contribution >= 4 is 34.3 Å². The molecule has 1 saturated heterocycles. The van der Waals surface area contributed by atoms with Gasteiger partial charge in [0.25, 0.3) is 5.91 Å². The van der Waals surface area contributed by atoms with Crippen LogP contribution in [0.3, 0.4) is 0 Å². The lowest BCUT2D eigenvalue weighted by molar-refractivity contribution is 0.0737. The standard InChI is InChI=1S/C25H24ClN3O2/c1-18-15-22-24(31-18)16-23(29(22)17-19-7-3-2-4-8-19)25(30)28-13-11-27(12-14-28)21-10-6-5-9-20(21)26/h2-10,15-16H,11-14,17H2,1H3. The Morgan fingerprint density at radius 2 is 1.68 bits per heavy atom. The molecule has 0 atom stereocenters. The van der Waals surface area contributed by atoms with Gasteiger partial charge < -0.3 is 18.8 Å². The van der Waals surface area contributed by atoms with Gasteiger partial charge in [-0.15, -0.1) is 0 Å². The zero-order chi connectivity index (χ0) is 21.4. The van der Waals surface area contributed by atoms with Gasteiger partial charge in [0.15, 0.2) is 5.58 Å². The van der Waals surface area contributed by atoms with E-state index in [1.165, 1.54) is 0 Å². The minimum absolute atomic E-state index is 0.0405. The molecule has 1 amide bonds. The van der Waals surface area contributed by atoms with Crippen LogP contribution in [-0.4, -0.2) is 41.6 Å². The predicted octanol–water partition coefficient (Wildman–Crippen LogP) is 5.21. The number of hydrogen-bond acceptors (Lipinski definition) is 3. The number of furan rings is 1. The van der Waals surface area contributed by atoms with Crippen molar-refractivity contribution in [1.82, 2.24) is 9.47 Å². The minimum atomic E-state index is 0.0405. The Morgan fingerprint density at radius 1 is 0.968 bits per heavy atom. The Labute approximate surface area is 186 Å². The van der Waals surface area contributed by atoms with Crippen molar-refractivity contribution in [2.45, 2.75) is 13.5 Å². The van der Waals surface area contributed by atoms with Crippen molar-refractivity contribution in [2.75, 3.05) is 31.1 Å². The van der Waals surface area contributed by atoms with Crippen molar-refractivity contribution < 1.29 is 9.21 Å². The lowest BCUT2D eigenvalue weighted by Crippen LogP contribution is -2.49. The second kappa shape index (κ2) is 8.16. The van der Waals surface area contributed by atoms with Crippen LogP contribution in [0.25, 0.3) is 11.1 Å². The van der Waals surface area contributed by atoms with Crippen molar-refractivity contribution in [3.8, 4) is 0 Å². The summed E-state index contributed by atoms with van der Waals surface area (Å²) in [6.45, 7) is 5.38. The van der Waals surface area contributed by atoms with Crippen LogP contribution in [0, 0.1) is 6.92 Å². The molecule has 31 heavy (non-hydrogen) atoms. The Balaban J connectivity index is 1.39. The van der Waals surface area contributed by atoms with Gasteiger partial charge in [-0.05, 0) is 24.6 Å². The number of carbonyl (C=O) groups excluding carboxylic acids is 1. The molecule has 3 heterocycles. The van der Waals surface area contributed by atoms with Gasteiger partial charge >= 0.3 is 0 Å². The molecule has 6 heteroatoms. The van der Waals surface area contributed by atoms with Gasteiger partial charge in [-0.1, -0.05) is 54.1 Å². The molecule has 4 aromatic rings. The zero-order valence-corrected chi connectivity index (χ0v) is 18.2. The number of fused-ring (bicyclic) bond motifs is 1. The number of anilines is 1. The number of carbonyl (C=O) groups is 1. The normalized spacial score (nSPS) is 14.4. The molecular formula is C25H24ClN3O2. The third kappa shape index (κ3) is 3.81. The van der Waals surface area contributed by atoms with Crippen LogP contribution in [0.1, 0.15) is 21.8 Å². The number of hydrogen-bond donors (Lipinski definition) is 0. The van der Waals surface area contributed by atoms with Crippen LogP contribution in [0.15, 0.2) is 71.1 Å². The van der Waals surface area contributed by atoms with Gasteiger partial charge in [-0.3, -0.25) is 4.79 Å². The fourth-order valence-corrected chi connectivity index (χ4v) is 4.55. The van der Waals surface area contributed by atoms with Crippen molar-refractivity contribution in [3.05, 3.63) is 88.8 Å². The number of halogens is 1. The van der Waals surface area contributed by atoms with Gasteiger partial charge in [0.05, 0.1) is 16.2 Å². The summed E-state index contributed by atoms with van der Waals surface area (Å²) in [5, 5.41) is 0.745. The molecule has 0 N–H and O–H groups in total. The number of benzene rings is 2. The third-order valence-corrected chi connectivity index (χ3v) is 6.20. The van der Waals surface area contributed by atoms with E-state index in [4.69, 9.17) is 16.0 Å². The molecule has 1 aliphatic rings. The van der Waals surface area contributed by atoms with E-state index in [0.717, 1.165) is 46.2 Å². The number of para-hydroxylation sites is 1. The Hall–Kier alpha value is -3.18. The first-order chi connectivity index (χ1) is 15.1. The molecule has 2 aromatic heterocycles. The topological polar surface area (TPSA) is 41.6 Å². The molecule has 0 radical (unpaired) electrons. The second-order valence-corrected chi connectivity index (χ2v) is 8.35. The van der Waals surface area contributed by atoms with Crippen molar-refractivity contribution in [1.29, 1.82) is 0 Å². The van der Waals surface area contributed by atoms with E-state index in [2.05, 4.69) is 21.6 Å².